The van der Waals surface area contributed by atoms with E-state index in [1.165, 1.54) is 18.6 Å². The van der Waals surface area contributed by atoms with Crippen LogP contribution in [0.15, 0.2) is 42.9 Å². The Morgan fingerprint density at radius 1 is 0.804 bits per heavy atom. The number of ketones is 2. The van der Waals surface area contributed by atoms with Gasteiger partial charge in [-0.25, -0.2) is 4.98 Å². The number of Topliss-reactive ketones (excluding diaryl/α,β-unsaturated/α-hetero) is 2. The molecular weight excluding hydrogens is 648 g/mol. The van der Waals surface area contributed by atoms with Crippen molar-refractivity contribution in [1.82, 2.24) is 31.2 Å². The number of fused-ring (bicyclic) bond motifs is 3. The smallest absolute Gasteiger partial charge is 0.289 e. The Balaban J connectivity index is 1.12. The van der Waals surface area contributed by atoms with Gasteiger partial charge in [-0.05, 0) is 73.3 Å². The zero-order chi connectivity index (χ0) is 36.1. The molecule has 2 aromatic rings. The first-order valence-electron chi connectivity index (χ1n) is 18.6. The van der Waals surface area contributed by atoms with Crippen molar-refractivity contribution in [3.05, 3.63) is 59.7 Å². The van der Waals surface area contributed by atoms with E-state index in [0.29, 0.717) is 6.42 Å². The van der Waals surface area contributed by atoms with Crippen molar-refractivity contribution in [2.24, 2.45) is 29.1 Å². The van der Waals surface area contributed by atoms with Crippen LogP contribution >= 0.6 is 0 Å². The van der Waals surface area contributed by atoms with Gasteiger partial charge >= 0.3 is 0 Å². The Hall–Kier alpha value is -4.48. The van der Waals surface area contributed by atoms with Crippen LogP contribution in [0.2, 0.25) is 0 Å². The van der Waals surface area contributed by atoms with Gasteiger partial charge in [0.2, 0.25) is 17.6 Å². The lowest BCUT2D eigenvalue weighted by atomic mass is 9.55. The van der Waals surface area contributed by atoms with Gasteiger partial charge in [0.05, 0.1) is 18.2 Å². The zero-order valence-corrected chi connectivity index (χ0v) is 29.6. The Morgan fingerprint density at radius 2 is 1.47 bits per heavy atom. The lowest BCUT2D eigenvalue weighted by Crippen LogP contribution is -2.63. The maximum Gasteiger partial charge on any atom is 0.289 e. The summed E-state index contributed by atoms with van der Waals surface area (Å²) in [5, 5.41) is 11.6. The van der Waals surface area contributed by atoms with Gasteiger partial charge in [-0.3, -0.25) is 33.8 Å². The highest BCUT2D eigenvalue weighted by molar-refractivity contribution is 6.38. The minimum absolute atomic E-state index is 0.0115. The van der Waals surface area contributed by atoms with Gasteiger partial charge in [-0.1, -0.05) is 64.3 Å². The summed E-state index contributed by atoms with van der Waals surface area (Å²) in [5.41, 5.74) is 0.765. The molecule has 1 aromatic heterocycles. The van der Waals surface area contributed by atoms with Gasteiger partial charge < -0.3 is 21.3 Å². The molecule has 0 aliphatic heterocycles. The average molecular weight is 697 g/mol. The fourth-order valence-electron chi connectivity index (χ4n) is 8.51. The van der Waals surface area contributed by atoms with Crippen molar-refractivity contribution in [3.63, 3.8) is 0 Å². The van der Waals surface area contributed by atoms with Gasteiger partial charge in [0.15, 0.2) is 5.78 Å². The van der Waals surface area contributed by atoms with Crippen LogP contribution in [0.25, 0.3) is 0 Å². The van der Waals surface area contributed by atoms with Crippen molar-refractivity contribution < 1.29 is 28.8 Å². The number of hydrogen-bond acceptors (Lipinski definition) is 8. The van der Waals surface area contributed by atoms with E-state index in [9.17, 15) is 28.8 Å². The second-order valence-electron chi connectivity index (χ2n) is 16.4. The van der Waals surface area contributed by atoms with E-state index < -0.39 is 70.2 Å². The molecule has 4 amide bonds. The molecule has 0 saturated heterocycles. The summed E-state index contributed by atoms with van der Waals surface area (Å²) in [6, 6.07) is 4.99. The number of carbonyl (C=O) groups is 6. The lowest BCUT2D eigenvalue weighted by molar-refractivity contribution is -0.148. The maximum absolute atomic E-state index is 14.7. The Kier molecular flexibility index (Phi) is 9.30. The minimum atomic E-state index is -0.964. The molecule has 4 N–H and O–H groups in total. The molecule has 1 aromatic carbocycles. The Bertz CT molecular complexity index is 1700. The quantitative estimate of drug-likeness (QED) is 0.231. The van der Waals surface area contributed by atoms with E-state index in [-0.39, 0.29) is 29.4 Å². The molecule has 1 heterocycles. The van der Waals surface area contributed by atoms with Crippen LogP contribution < -0.4 is 21.3 Å². The highest BCUT2D eigenvalue weighted by atomic mass is 16.2. The number of rotatable bonds is 13. The SMILES string of the molecule is CC(C)(C)[C@H](NC(=O)[C@@H](NC(=O)c1cnccn1)C1CCCCC1)C(=O)C1CC2(c3ccccc32)C1C(=O)NC(C(=O)C(=O)NC1CC1)C1CC1. The number of nitrogens with one attached hydrogen (secondary N) is 4. The van der Waals surface area contributed by atoms with Crippen LogP contribution in [-0.4, -0.2) is 69.3 Å². The second-order valence-corrected chi connectivity index (χ2v) is 16.4. The Morgan fingerprint density at radius 3 is 2.06 bits per heavy atom. The van der Waals surface area contributed by atoms with Crippen LogP contribution in [-0.2, 0) is 29.4 Å². The summed E-state index contributed by atoms with van der Waals surface area (Å²) in [4.78, 5) is 90.6. The molecule has 1 spiro atoms. The molecule has 0 bridgehead atoms. The van der Waals surface area contributed by atoms with Gasteiger partial charge in [0.1, 0.15) is 17.8 Å². The van der Waals surface area contributed by atoms with Gasteiger partial charge in [-0.2, -0.15) is 0 Å². The summed E-state index contributed by atoms with van der Waals surface area (Å²) in [6.07, 6.45) is 12.2. The molecular formula is C39H48N6O6. The minimum Gasteiger partial charge on any atom is -0.347 e. The monoisotopic (exact) mass is 696 g/mol. The predicted molar refractivity (Wildman–Crippen MR) is 186 cm³/mol. The van der Waals surface area contributed by atoms with Gasteiger partial charge in [-0.15, -0.1) is 0 Å². The average Bonchev–Trinajstić information content (AvgIpc) is 3.98. The molecule has 270 valence electrons. The summed E-state index contributed by atoms with van der Waals surface area (Å²) in [6.45, 7) is 5.62. The number of amides is 4. The van der Waals surface area contributed by atoms with Crippen LogP contribution in [0.3, 0.4) is 0 Å². The molecule has 5 atom stereocenters. The molecule has 0 radical (unpaired) electrons. The van der Waals surface area contributed by atoms with Crippen molar-refractivity contribution in [2.75, 3.05) is 0 Å². The topological polar surface area (TPSA) is 176 Å². The summed E-state index contributed by atoms with van der Waals surface area (Å²) in [5.74, 6) is -4.72. The predicted octanol–water partition coefficient (Wildman–Crippen LogP) is 2.93. The normalized spacial score (nSPS) is 23.7. The van der Waals surface area contributed by atoms with Crippen molar-refractivity contribution in [3.8, 4) is 0 Å². The van der Waals surface area contributed by atoms with Crippen molar-refractivity contribution in [2.45, 2.75) is 115 Å². The van der Waals surface area contributed by atoms with E-state index >= 15 is 0 Å². The van der Waals surface area contributed by atoms with E-state index in [0.717, 1.165) is 68.9 Å². The molecule has 5 aliphatic carbocycles. The molecule has 12 nitrogen and oxygen atoms in total. The lowest BCUT2D eigenvalue weighted by Gasteiger charge is -2.47. The molecule has 4 fully saturated rings. The van der Waals surface area contributed by atoms with E-state index in [1.807, 2.05) is 45.0 Å². The number of carbonyl (C=O) groups excluding carboxylic acids is 6. The molecule has 4 saturated carbocycles. The molecule has 5 aliphatic rings. The Labute approximate surface area is 298 Å². The van der Waals surface area contributed by atoms with Crippen molar-refractivity contribution in [1.29, 1.82) is 0 Å². The third-order valence-electron chi connectivity index (χ3n) is 11.7. The second kappa shape index (κ2) is 13.6. The maximum atomic E-state index is 14.7. The summed E-state index contributed by atoms with van der Waals surface area (Å²) in [7, 11) is 0. The summed E-state index contributed by atoms with van der Waals surface area (Å²) < 4.78 is 0. The number of aromatic nitrogens is 2. The van der Waals surface area contributed by atoms with E-state index in [2.05, 4.69) is 31.2 Å². The van der Waals surface area contributed by atoms with Crippen LogP contribution in [0, 0.1) is 29.1 Å². The van der Waals surface area contributed by atoms with Crippen LogP contribution in [0.1, 0.15) is 107 Å². The highest BCUT2D eigenvalue weighted by Gasteiger charge is 2.70. The third-order valence-corrected chi connectivity index (χ3v) is 11.7. The molecule has 7 rings (SSSR count). The fraction of sp³-hybridized carbons (Fsp3) is 0.590. The van der Waals surface area contributed by atoms with Gasteiger partial charge in [0.25, 0.3) is 11.8 Å². The molecule has 3 unspecified atom stereocenters. The van der Waals surface area contributed by atoms with E-state index in [4.69, 9.17) is 0 Å². The van der Waals surface area contributed by atoms with Gasteiger partial charge in [0, 0.05) is 29.8 Å². The third kappa shape index (κ3) is 6.93. The number of benzene rings is 1. The molecule has 51 heavy (non-hydrogen) atoms. The fourth-order valence-corrected chi connectivity index (χ4v) is 8.51. The highest BCUT2D eigenvalue weighted by Crippen LogP contribution is 2.68. The standard InChI is InChI=1S/C39H48N6O6/c1-38(2,3)33(45-36(50)30(21-9-5-4-6-10-21)44-34(48)27-20-40-17-18-41-27)31(46)24-19-39(25-11-7-8-12-26(25)39)28(24)35(49)43-29(22-13-14-22)32(47)37(51)42-23-15-16-23/h7-8,11-12,17-18,20-24,28-30,33H,4-6,9-10,13-16,19H2,1-3H3,(H,42,51)(H,43,49)(H,44,48)(H,45,50)/t24?,28?,29?,30-,33+/m0/s1. The summed E-state index contributed by atoms with van der Waals surface area (Å²) >= 11 is 0. The number of nitrogens with zero attached hydrogens (tertiary/aromatic N) is 2. The van der Waals surface area contributed by atoms with Crippen LogP contribution in [0.5, 0.6) is 0 Å². The van der Waals surface area contributed by atoms with E-state index in [1.54, 1.807) is 0 Å². The first-order chi connectivity index (χ1) is 24.4. The first kappa shape index (κ1) is 34.9. The zero-order valence-electron chi connectivity index (χ0n) is 29.6. The first-order valence-corrected chi connectivity index (χ1v) is 18.6. The van der Waals surface area contributed by atoms with Crippen molar-refractivity contribution >= 4 is 35.2 Å². The van der Waals surface area contributed by atoms with Crippen LogP contribution in [0.4, 0.5) is 0 Å². The number of hydrogen-bond donors (Lipinski definition) is 4. The largest absolute Gasteiger partial charge is 0.347 e. The molecule has 12 heteroatoms.